The van der Waals surface area contributed by atoms with Crippen LogP contribution >= 0.6 is 15.9 Å². The first-order valence-corrected chi connectivity index (χ1v) is 6.42. The molecule has 0 unspecified atom stereocenters. The summed E-state index contributed by atoms with van der Waals surface area (Å²) in [5.41, 5.74) is -0.000322. The van der Waals surface area contributed by atoms with Crippen LogP contribution in [0, 0.1) is 10.1 Å². The highest BCUT2D eigenvalue weighted by Crippen LogP contribution is 2.25. The molecule has 0 saturated heterocycles. The number of benzene rings is 1. The summed E-state index contributed by atoms with van der Waals surface area (Å²) in [7, 11) is 1.33. The predicted molar refractivity (Wildman–Crippen MR) is 77.3 cm³/mol. The molecule has 1 amide bonds. The molecule has 0 aliphatic carbocycles. The molecule has 0 spiro atoms. The van der Waals surface area contributed by atoms with Crippen LogP contribution < -0.4 is 10.1 Å². The zero-order valence-electron chi connectivity index (χ0n) is 10.7. The third-order valence-corrected chi connectivity index (χ3v) is 2.91. The minimum atomic E-state index is -0.565. The van der Waals surface area contributed by atoms with E-state index in [1.54, 1.807) is 0 Å². The highest BCUT2D eigenvalue weighted by molar-refractivity contribution is 9.10. The van der Waals surface area contributed by atoms with E-state index < -0.39 is 10.8 Å². The first-order chi connectivity index (χ1) is 10.0. The number of nitrogens with zero attached hydrogens (tertiary/aromatic N) is 3. The van der Waals surface area contributed by atoms with E-state index in [2.05, 4.69) is 31.2 Å². The number of hydrogen-bond acceptors (Lipinski definition) is 6. The van der Waals surface area contributed by atoms with E-state index in [9.17, 15) is 14.9 Å². The maximum Gasteiger partial charge on any atom is 0.273 e. The number of aromatic nitrogens is 2. The van der Waals surface area contributed by atoms with Gasteiger partial charge in [-0.25, -0.2) is 9.97 Å². The molecule has 1 aromatic heterocycles. The number of carbonyl (C=O) groups is 1. The fourth-order valence-electron chi connectivity index (χ4n) is 1.54. The summed E-state index contributed by atoms with van der Waals surface area (Å²) in [4.78, 5) is 30.1. The van der Waals surface area contributed by atoms with Gasteiger partial charge in [-0.2, -0.15) is 0 Å². The lowest BCUT2D eigenvalue weighted by atomic mass is 10.1. The average molecular weight is 353 g/mol. The molecular formula is C12H9BrN4O4. The second-order valence-corrected chi connectivity index (χ2v) is 4.63. The van der Waals surface area contributed by atoms with Crippen molar-refractivity contribution < 1.29 is 14.5 Å². The van der Waals surface area contributed by atoms with E-state index in [1.165, 1.54) is 37.7 Å². The maximum absolute atomic E-state index is 12.1. The van der Waals surface area contributed by atoms with Crippen LogP contribution in [0.25, 0.3) is 0 Å². The Hall–Kier alpha value is -2.55. The molecule has 21 heavy (non-hydrogen) atoms. The van der Waals surface area contributed by atoms with Crippen LogP contribution in [0.5, 0.6) is 5.75 Å². The van der Waals surface area contributed by atoms with Gasteiger partial charge in [-0.3, -0.25) is 14.9 Å². The third-order valence-electron chi connectivity index (χ3n) is 2.50. The van der Waals surface area contributed by atoms with Crippen molar-refractivity contribution in [2.24, 2.45) is 0 Å². The number of nitro benzene ring substituents is 1. The van der Waals surface area contributed by atoms with Crippen LogP contribution in [0.2, 0.25) is 0 Å². The van der Waals surface area contributed by atoms with Gasteiger partial charge < -0.3 is 10.1 Å². The summed E-state index contributed by atoms with van der Waals surface area (Å²) in [5, 5.41) is 13.2. The number of carbonyl (C=O) groups excluding carboxylic acids is 1. The van der Waals surface area contributed by atoms with Gasteiger partial charge in [-0.15, -0.1) is 0 Å². The Morgan fingerprint density at radius 2 is 2.14 bits per heavy atom. The summed E-state index contributed by atoms with van der Waals surface area (Å²) < 4.78 is 5.54. The number of nitrogens with one attached hydrogen (secondary N) is 1. The van der Waals surface area contributed by atoms with E-state index in [4.69, 9.17) is 4.74 Å². The Bertz CT molecular complexity index is 690. The Morgan fingerprint density at radius 1 is 1.38 bits per heavy atom. The van der Waals surface area contributed by atoms with Crippen molar-refractivity contribution in [1.29, 1.82) is 0 Å². The van der Waals surface area contributed by atoms with Crippen molar-refractivity contribution in [2.75, 3.05) is 12.4 Å². The third kappa shape index (κ3) is 3.51. The van der Waals surface area contributed by atoms with Gasteiger partial charge in [0.2, 0.25) is 0 Å². The molecular weight excluding hydrogens is 344 g/mol. The van der Waals surface area contributed by atoms with Crippen LogP contribution in [-0.2, 0) is 0 Å². The Morgan fingerprint density at radius 3 is 2.71 bits per heavy atom. The number of halogens is 1. The number of nitro groups is 1. The Kier molecular flexibility index (Phi) is 4.43. The van der Waals surface area contributed by atoms with Crippen molar-refractivity contribution >= 4 is 33.3 Å². The van der Waals surface area contributed by atoms with Gasteiger partial charge in [0, 0.05) is 6.07 Å². The summed E-state index contributed by atoms with van der Waals surface area (Å²) >= 11 is 3.13. The molecule has 2 rings (SSSR count). The standard InChI is InChI=1S/C12H9BrN4O4/c1-21-9-4-7(17(19)20)2-3-8(9)12(18)16-11-6-14-10(13)5-15-11/h2-6H,1H3,(H,15,16,18). The van der Waals surface area contributed by atoms with Gasteiger partial charge in [0.25, 0.3) is 11.6 Å². The van der Waals surface area contributed by atoms with Gasteiger partial charge >= 0.3 is 0 Å². The molecule has 0 aliphatic heterocycles. The predicted octanol–water partition coefficient (Wildman–Crippen LogP) is 2.41. The number of hydrogen-bond donors (Lipinski definition) is 1. The molecule has 8 nitrogen and oxygen atoms in total. The quantitative estimate of drug-likeness (QED) is 0.668. The van der Waals surface area contributed by atoms with E-state index in [1.807, 2.05) is 0 Å². The zero-order valence-corrected chi connectivity index (χ0v) is 12.3. The van der Waals surface area contributed by atoms with Crippen LogP contribution in [-0.4, -0.2) is 27.9 Å². The summed E-state index contributed by atoms with van der Waals surface area (Å²) in [5.74, 6) is -0.145. The lowest BCUT2D eigenvalue weighted by Gasteiger charge is -2.08. The minimum Gasteiger partial charge on any atom is -0.496 e. The number of rotatable bonds is 4. The van der Waals surface area contributed by atoms with Crippen LogP contribution in [0.15, 0.2) is 35.2 Å². The molecule has 0 bridgehead atoms. The van der Waals surface area contributed by atoms with E-state index in [0.29, 0.717) is 4.60 Å². The second kappa shape index (κ2) is 6.27. The summed E-state index contributed by atoms with van der Waals surface area (Å²) in [6.07, 6.45) is 2.81. The van der Waals surface area contributed by atoms with Gasteiger partial charge in [0.05, 0.1) is 36.1 Å². The van der Waals surface area contributed by atoms with Crippen molar-refractivity contribution in [1.82, 2.24) is 9.97 Å². The highest BCUT2D eigenvalue weighted by Gasteiger charge is 2.17. The molecule has 0 radical (unpaired) electrons. The lowest BCUT2D eigenvalue weighted by Crippen LogP contribution is -2.14. The first-order valence-electron chi connectivity index (χ1n) is 5.62. The lowest BCUT2D eigenvalue weighted by molar-refractivity contribution is -0.384. The highest BCUT2D eigenvalue weighted by atomic mass is 79.9. The fourth-order valence-corrected chi connectivity index (χ4v) is 1.75. The maximum atomic E-state index is 12.1. The Labute approximate surface area is 127 Å². The molecule has 1 N–H and O–H groups in total. The monoisotopic (exact) mass is 352 g/mol. The van der Waals surface area contributed by atoms with Gasteiger partial charge in [0.1, 0.15) is 10.4 Å². The van der Waals surface area contributed by atoms with E-state index >= 15 is 0 Å². The number of non-ortho nitro benzene ring substituents is 1. The average Bonchev–Trinajstić information content (AvgIpc) is 2.48. The molecule has 9 heteroatoms. The molecule has 1 heterocycles. The van der Waals surface area contributed by atoms with Gasteiger partial charge in [0.15, 0.2) is 5.82 Å². The SMILES string of the molecule is COc1cc([N+](=O)[O-])ccc1C(=O)Nc1cnc(Br)cn1. The smallest absolute Gasteiger partial charge is 0.273 e. The molecule has 0 fully saturated rings. The minimum absolute atomic E-state index is 0.103. The van der Waals surface area contributed by atoms with Gasteiger partial charge in [-0.05, 0) is 22.0 Å². The van der Waals surface area contributed by atoms with Gasteiger partial charge in [-0.1, -0.05) is 0 Å². The molecule has 1 aromatic carbocycles. The largest absolute Gasteiger partial charge is 0.496 e. The van der Waals surface area contributed by atoms with Crippen molar-refractivity contribution in [3.05, 3.63) is 50.9 Å². The summed E-state index contributed by atoms with van der Waals surface area (Å²) in [6.45, 7) is 0. The van der Waals surface area contributed by atoms with Crippen molar-refractivity contribution in [3.8, 4) is 5.75 Å². The molecule has 0 aliphatic rings. The fraction of sp³-hybridized carbons (Fsp3) is 0.0833. The van der Waals surface area contributed by atoms with E-state index in [0.717, 1.165) is 0 Å². The molecule has 0 saturated carbocycles. The van der Waals surface area contributed by atoms with E-state index in [-0.39, 0.29) is 22.8 Å². The number of anilines is 1. The first kappa shape index (κ1) is 14.9. The Balaban J connectivity index is 2.26. The number of methoxy groups -OCH3 is 1. The molecule has 108 valence electrons. The molecule has 0 atom stereocenters. The normalized spacial score (nSPS) is 10.0. The van der Waals surface area contributed by atoms with Crippen LogP contribution in [0.3, 0.4) is 0 Å². The topological polar surface area (TPSA) is 107 Å². The second-order valence-electron chi connectivity index (χ2n) is 3.82. The number of ether oxygens (including phenoxy) is 1. The van der Waals surface area contributed by atoms with Crippen LogP contribution in [0.4, 0.5) is 11.5 Å². The van der Waals surface area contributed by atoms with Crippen LogP contribution in [0.1, 0.15) is 10.4 Å². The van der Waals surface area contributed by atoms with Crippen molar-refractivity contribution in [2.45, 2.75) is 0 Å². The zero-order chi connectivity index (χ0) is 15.4. The number of amides is 1. The van der Waals surface area contributed by atoms with Crippen molar-refractivity contribution in [3.63, 3.8) is 0 Å². The summed E-state index contributed by atoms with van der Waals surface area (Å²) in [6, 6.07) is 3.73. The molecule has 2 aromatic rings.